The first kappa shape index (κ1) is 8.41. The van der Waals surface area contributed by atoms with Crippen molar-refractivity contribution in [2.75, 3.05) is 0 Å². The van der Waals surface area contributed by atoms with Crippen molar-refractivity contribution >= 4 is 56.5 Å². The van der Waals surface area contributed by atoms with Crippen LogP contribution < -0.4 is 8.45 Å². The van der Waals surface area contributed by atoms with Gasteiger partial charge in [-0.1, -0.05) is 2.90 Å². The highest BCUT2D eigenvalue weighted by Crippen LogP contribution is 2.02. The van der Waals surface area contributed by atoms with Crippen LogP contribution in [-0.2, 0) is 0 Å². The maximum atomic E-state index is 11.3. The van der Waals surface area contributed by atoms with Crippen molar-refractivity contribution in [3.8, 4) is 0 Å². The Balaban J connectivity index is 3.03. The molecule has 0 saturated carbocycles. The van der Waals surface area contributed by atoms with Gasteiger partial charge >= 0.3 is 5.65 Å². The molecule has 0 bridgehead atoms. The number of aromatic amines is 2. The molecule has 0 atom stereocenters. The van der Waals surface area contributed by atoms with E-state index in [2.05, 4.69) is 15.1 Å². The third-order valence-electron chi connectivity index (χ3n) is 1.41. The fraction of sp³-hybridized carbons (Fsp3) is 0. The maximum absolute atomic E-state index is 11.3. The number of H-pyrrole nitrogens is 2. The van der Waals surface area contributed by atoms with E-state index in [-0.39, 0.29) is 5.56 Å². The zero-order valence-electron chi connectivity index (χ0n) is 5.64. The van der Waals surface area contributed by atoms with Gasteiger partial charge in [-0.05, 0) is 4.98 Å². The molecule has 2 N–H and O–H groups in total. The third kappa shape index (κ3) is 1.24. The molecule has 2 heterocycles. The minimum atomic E-state index is -0.115. The van der Waals surface area contributed by atoms with Crippen LogP contribution in [0.3, 0.4) is 0 Å². The highest BCUT2D eigenvalue weighted by atomic mass is 127. The van der Waals surface area contributed by atoms with E-state index in [9.17, 15) is 4.79 Å². The van der Waals surface area contributed by atoms with E-state index in [4.69, 9.17) is 0 Å². The molecule has 2 rings (SSSR count). The van der Waals surface area contributed by atoms with Gasteiger partial charge < -0.3 is 0 Å². The molecule has 2 aromatic rings. The molecule has 0 fully saturated rings. The molecule has 12 heavy (non-hydrogen) atoms. The zero-order valence-corrected chi connectivity index (χ0v) is 9.95. The number of aromatic nitrogens is 4. The van der Waals surface area contributed by atoms with Crippen molar-refractivity contribution in [1.82, 2.24) is 15.1 Å². The summed E-state index contributed by atoms with van der Waals surface area (Å²) in [5.41, 5.74) is 0.541. The van der Waals surface area contributed by atoms with Gasteiger partial charge in [0.1, 0.15) is 0 Å². The van der Waals surface area contributed by atoms with Gasteiger partial charge in [0.05, 0.1) is 6.20 Å². The molecule has 0 aromatic carbocycles. The molecule has 2 aromatic heterocycles. The van der Waals surface area contributed by atoms with Crippen molar-refractivity contribution in [3.63, 3.8) is 0 Å². The lowest BCUT2D eigenvalue weighted by atomic mass is 10.4. The number of nitrogens with zero attached hydrogens (tertiary/aromatic N) is 2. The summed E-state index contributed by atoms with van der Waals surface area (Å²) in [7, 11) is 0. The van der Waals surface area contributed by atoms with Crippen molar-refractivity contribution in [2.24, 2.45) is 0 Å². The van der Waals surface area contributed by atoms with Gasteiger partial charge in [-0.15, -0.1) is 0 Å². The number of hydrogen-bond donors (Lipinski definition) is 2. The second kappa shape index (κ2) is 2.94. The Morgan fingerprint density at radius 1 is 1.58 bits per heavy atom. The lowest BCUT2D eigenvalue weighted by molar-refractivity contribution is -0.482. The number of rotatable bonds is 0. The molecule has 0 saturated heterocycles. The molecule has 0 unspecified atom stereocenters. The Kier molecular flexibility index (Phi) is 2.06. The number of hydrogen-bond acceptors (Lipinski definition) is 2. The zero-order chi connectivity index (χ0) is 8.72. The van der Waals surface area contributed by atoms with Crippen LogP contribution in [0.15, 0.2) is 11.0 Å². The minimum Gasteiger partial charge on any atom is -0.280 e. The van der Waals surface area contributed by atoms with Crippen LogP contribution in [-0.4, -0.2) is 15.1 Å². The van der Waals surface area contributed by atoms with Crippen LogP contribution >= 0.6 is 45.5 Å². The summed E-state index contributed by atoms with van der Waals surface area (Å²) in [5, 5.41) is 3.44. The minimum absolute atomic E-state index is 0.115. The Morgan fingerprint density at radius 2 is 2.33 bits per heavy atom. The second-order valence-corrected chi connectivity index (χ2v) is 4.13. The molecule has 0 aliphatic heterocycles. The monoisotopic (exact) mass is 389 g/mol. The van der Waals surface area contributed by atoms with Crippen LogP contribution in [0.25, 0.3) is 11.0 Å². The lowest BCUT2D eigenvalue weighted by Gasteiger charge is -1.81. The van der Waals surface area contributed by atoms with E-state index in [0.29, 0.717) is 14.9 Å². The van der Waals surface area contributed by atoms with Crippen molar-refractivity contribution < 1.29 is 2.90 Å². The lowest BCUT2D eigenvalue weighted by Crippen LogP contribution is -2.23. The normalized spacial score (nSPS) is 10.8. The summed E-state index contributed by atoms with van der Waals surface area (Å²) in [6.07, 6.45) is 1.63. The van der Waals surface area contributed by atoms with Gasteiger partial charge in [0.25, 0.3) is 9.39 Å². The molecule has 7 heteroatoms. The van der Waals surface area contributed by atoms with Gasteiger partial charge in [0, 0.05) is 22.6 Å². The highest BCUT2D eigenvalue weighted by molar-refractivity contribution is 14.1. The molecule has 62 valence electrons. The van der Waals surface area contributed by atoms with Crippen molar-refractivity contribution in [3.05, 3.63) is 20.4 Å². The van der Waals surface area contributed by atoms with Crippen molar-refractivity contribution in [2.45, 2.75) is 0 Å². The fourth-order valence-corrected chi connectivity index (χ4v) is 1.89. The van der Waals surface area contributed by atoms with Crippen LogP contribution in [0.1, 0.15) is 0 Å². The van der Waals surface area contributed by atoms with Gasteiger partial charge in [0.2, 0.25) is 22.9 Å². The average molecular weight is 389 g/mol. The Labute approximate surface area is 94.2 Å². The van der Waals surface area contributed by atoms with Crippen LogP contribution in [0.4, 0.5) is 0 Å². The number of nitrogens with one attached hydrogen (secondary N) is 2. The van der Waals surface area contributed by atoms with E-state index >= 15 is 0 Å². The summed E-state index contributed by atoms with van der Waals surface area (Å²) in [6, 6.07) is 0. The average Bonchev–Trinajstić information content (AvgIpc) is 2.33. The summed E-state index contributed by atoms with van der Waals surface area (Å²) in [6.45, 7) is 0. The second-order valence-electron chi connectivity index (χ2n) is 2.15. The largest absolute Gasteiger partial charge is 0.368 e. The first-order chi connectivity index (χ1) is 5.68. The Bertz CT molecular complexity index is 488. The molecule has 0 aliphatic carbocycles. The van der Waals surface area contributed by atoms with E-state index < -0.39 is 0 Å². The number of halogens is 2. The molecule has 0 amide bonds. The SMILES string of the molecule is O=c1[nH]c(I)nc2c1c[nH][n+]2I. The first-order valence-electron chi connectivity index (χ1n) is 3.03. The highest BCUT2D eigenvalue weighted by Gasteiger charge is 2.15. The van der Waals surface area contributed by atoms with Crippen LogP contribution in [0.5, 0.6) is 0 Å². The van der Waals surface area contributed by atoms with E-state index in [1.165, 1.54) is 0 Å². The van der Waals surface area contributed by atoms with E-state index in [0.717, 1.165) is 0 Å². The Hall–Kier alpha value is -0.190. The fourth-order valence-electron chi connectivity index (χ4n) is 0.906. The van der Waals surface area contributed by atoms with Gasteiger partial charge in [-0.3, -0.25) is 9.78 Å². The van der Waals surface area contributed by atoms with E-state index in [1.54, 1.807) is 9.09 Å². The van der Waals surface area contributed by atoms with Gasteiger partial charge in [0.15, 0.2) is 5.39 Å². The van der Waals surface area contributed by atoms with Crippen LogP contribution in [0.2, 0.25) is 0 Å². The van der Waals surface area contributed by atoms with Gasteiger partial charge in [-0.2, -0.15) is 0 Å². The maximum Gasteiger partial charge on any atom is 0.368 e. The van der Waals surface area contributed by atoms with E-state index in [1.807, 2.05) is 45.5 Å². The van der Waals surface area contributed by atoms with Crippen LogP contribution in [0, 0.1) is 3.83 Å². The molecule has 0 radical (unpaired) electrons. The first-order valence-corrected chi connectivity index (χ1v) is 5.08. The van der Waals surface area contributed by atoms with Gasteiger partial charge in [-0.25, -0.2) is 5.10 Å². The third-order valence-corrected chi connectivity index (χ3v) is 2.66. The molecular weight excluding hydrogens is 386 g/mol. The molecular formula is C5H3I2N4O+. The summed E-state index contributed by atoms with van der Waals surface area (Å²) >= 11 is 4.00. The number of fused-ring (bicyclic) bond motifs is 1. The van der Waals surface area contributed by atoms with Crippen molar-refractivity contribution in [1.29, 1.82) is 0 Å². The standard InChI is InChI=1S/C5H2I2N4O/c6-5-9-3-2(4(12)10-5)1-8-11(3)7/h1H,(H,8,9,10,12)/p+1. The summed E-state index contributed by atoms with van der Waals surface area (Å²) in [4.78, 5) is 18.0. The predicted octanol–water partition coefficient (Wildman–Crippen LogP) is 0.341. The molecule has 0 spiro atoms. The molecule has 0 aliphatic rings. The Morgan fingerprint density at radius 3 is 3.08 bits per heavy atom. The summed E-state index contributed by atoms with van der Waals surface area (Å²) in [5.74, 6) is 0. The topological polar surface area (TPSA) is 65.4 Å². The smallest absolute Gasteiger partial charge is 0.280 e. The quantitative estimate of drug-likeness (QED) is 0.505. The predicted molar refractivity (Wildman–Crippen MR) is 59.0 cm³/mol. The molecule has 5 nitrogen and oxygen atoms in total. The summed E-state index contributed by atoms with van der Waals surface area (Å²) < 4.78 is 2.26.